The van der Waals surface area contributed by atoms with Gasteiger partial charge in [-0.15, -0.1) is 0 Å². The molecule has 3 aromatic rings. The van der Waals surface area contributed by atoms with E-state index < -0.39 is 28.6 Å². The van der Waals surface area contributed by atoms with Crippen LogP contribution in [0.4, 0.5) is 23.2 Å². The van der Waals surface area contributed by atoms with Gasteiger partial charge in [-0.2, -0.15) is 13.2 Å². The summed E-state index contributed by atoms with van der Waals surface area (Å²) in [6, 6.07) is 17.4. The van der Waals surface area contributed by atoms with Gasteiger partial charge in [-0.1, -0.05) is 51.1 Å². The van der Waals surface area contributed by atoms with Crippen LogP contribution >= 0.6 is 0 Å². The third kappa shape index (κ3) is 9.67. The molecule has 0 bridgehead atoms. The quantitative estimate of drug-likeness (QED) is 0.176. The summed E-state index contributed by atoms with van der Waals surface area (Å²) in [4.78, 5) is 2.42. The lowest BCUT2D eigenvalue weighted by atomic mass is 9.86. The van der Waals surface area contributed by atoms with Gasteiger partial charge in [-0.05, 0) is 64.8 Å². The molecule has 0 fully saturated rings. The first-order valence-corrected chi connectivity index (χ1v) is 15.7. The van der Waals surface area contributed by atoms with Crippen LogP contribution in [0.2, 0.25) is 0 Å². The highest BCUT2D eigenvalue weighted by Gasteiger charge is 2.27. The van der Waals surface area contributed by atoms with Crippen molar-refractivity contribution >= 4 is 15.7 Å². The first kappa shape index (κ1) is 32.8. The van der Waals surface area contributed by atoms with Gasteiger partial charge in [-0.3, -0.25) is 9.62 Å². The highest BCUT2D eigenvalue weighted by atomic mass is 32.2. The van der Waals surface area contributed by atoms with Gasteiger partial charge in [0.1, 0.15) is 12.4 Å². The highest BCUT2D eigenvalue weighted by molar-refractivity contribution is 7.92. The Labute approximate surface area is 251 Å². The summed E-state index contributed by atoms with van der Waals surface area (Å²) in [7, 11) is -4.05. The summed E-state index contributed by atoms with van der Waals surface area (Å²) in [5, 5.41) is 0. The van der Waals surface area contributed by atoms with Gasteiger partial charge in [0.15, 0.2) is 5.82 Å². The largest absolute Gasteiger partial charge is 0.493 e. The number of ether oxygens (including phenoxy) is 2. The second-order valence-corrected chi connectivity index (χ2v) is 13.5. The van der Waals surface area contributed by atoms with Crippen molar-refractivity contribution in [2.24, 2.45) is 0 Å². The number of nitrogens with zero attached hydrogens (tertiary/aromatic N) is 1. The van der Waals surface area contributed by atoms with Crippen LogP contribution in [0.3, 0.4) is 0 Å². The molecular weight excluding hydrogens is 584 g/mol. The van der Waals surface area contributed by atoms with E-state index in [1.54, 1.807) is 6.07 Å². The number of alkyl halides is 3. The van der Waals surface area contributed by atoms with Crippen LogP contribution in [0, 0.1) is 5.82 Å². The average Bonchev–Trinajstić information content (AvgIpc) is 2.94. The predicted octanol–water partition coefficient (Wildman–Crippen LogP) is 6.87. The number of halogens is 4. The fraction of sp³-hybridized carbons (Fsp3) is 0.438. The second kappa shape index (κ2) is 13.7. The van der Waals surface area contributed by atoms with Crippen LogP contribution in [0.15, 0.2) is 65.6 Å². The maximum absolute atomic E-state index is 14.7. The van der Waals surface area contributed by atoms with Gasteiger partial charge in [0.05, 0.1) is 23.8 Å². The molecule has 1 aliphatic heterocycles. The van der Waals surface area contributed by atoms with E-state index in [-0.39, 0.29) is 41.4 Å². The predicted molar refractivity (Wildman–Crippen MR) is 158 cm³/mol. The van der Waals surface area contributed by atoms with Crippen molar-refractivity contribution in [2.45, 2.75) is 63.1 Å². The molecule has 0 spiro atoms. The number of rotatable bonds is 12. The van der Waals surface area contributed by atoms with Gasteiger partial charge >= 0.3 is 6.18 Å². The molecule has 0 saturated heterocycles. The minimum absolute atomic E-state index is 0.0134. The van der Waals surface area contributed by atoms with Crippen LogP contribution in [0.1, 0.15) is 49.4 Å². The molecule has 1 heterocycles. The minimum atomic E-state index is -4.40. The number of hydrogen-bond donors (Lipinski definition) is 1. The maximum Gasteiger partial charge on any atom is 0.411 e. The molecule has 11 heteroatoms. The molecule has 234 valence electrons. The summed E-state index contributed by atoms with van der Waals surface area (Å²) in [5.41, 5.74) is 4.51. The zero-order chi connectivity index (χ0) is 31.3. The summed E-state index contributed by atoms with van der Waals surface area (Å²) in [5.74, 6) is -0.715. The highest BCUT2D eigenvalue weighted by Crippen LogP contribution is 2.27. The standard InChI is InChI=1S/C32H38F4N2O4S/c1-31(2,3)26-8-5-23(6-9-26)13-15-38-16-14-24-19-28(11-7-25(24)21-38)43(39,40)37-30-12-10-27(20-29(30)33)42-18-4-17-41-22-32(34,35)36/h5-12,19-20,37H,4,13-18,21-22H2,1-3H3. The van der Waals surface area contributed by atoms with Crippen LogP contribution < -0.4 is 9.46 Å². The Morgan fingerprint density at radius 1 is 0.930 bits per heavy atom. The van der Waals surface area contributed by atoms with Gasteiger partial charge in [0, 0.05) is 32.1 Å². The van der Waals surface area contributed by atoms with Crippen molar-refractivity contribution in [3.63, 3.8) is 0 Å². The van der Waals surface area contributed by atoms with E-state index in [0.29, 0.717) is 6.42 Å². The third-order valence-corrected chi connectivity index (χ3v) is 8.63. The lowest BCUT2D eigenvalue weighted by Crippen LogP contribution is -2.32. The van der Waals surface area contributed by atoms with Crippen LogP contribution in [0.25, 0.3) is 0 Å². The first-order chi connectivity index (χ1) is 20.2. The topological polar surface area (TPSA) is 67.9 Å². The van der Waals surface area contributed by atoms with E-state index in [4.69, 9.17) is 4.74 Å². The van der Waals surface area contributed by atoms with Crippen LogP contribution in [-0.4, -0.2) is 52.4 Å². The number of benzene rings is 3. The molecule has 43 heavy (non-hydrogen) atoms. The third-order valence-electron chi connectivity index (χ3n) is 7.27. The summed E-state index contributed by atoms with van der Waals surface area (Å²) in [6.45, 7) is 7.55. The molecule has 0 unspecified atom stereocenters. The summed E-state index contributed by atoms with van der Waals surface area (Å²) in [6.07, 6.45) is -2.58. The van der Waals surface area contributed by atoms with E-state index in [1.807, 2.05) is 6.07 Å². The molecule has 4 rings (SSSR count). The molecule has 3 aromatic carbocycles. The van der Waals surface area contributed by atoms with Gasteiger partial charge in [0.2, 0.25) is 0 Å². The van der Waals surface area contributed by atoms with Crippen molar-refractivity contribution in [2.75, 3.05) is 37.6 Å². The second-order valence-electron chi connectivity index (χ2n) is 11.8. The number of fused-ring (bicyclic) bond motifs is 1. The molecular formula is C32H38F4N2O4S. The molecule has 0 saturated carbocycles. The SMILES string of the molecule is CC(C)(C)c1ccc(CCN2CCc3cc(S(=O)(=O)Nc4ccc(OCCCOCC(F)(F)F)cc4F)ccc3C2)cc1. The Morgan fingerprint density at radius 3 is 2.35 bits per heavy atom. The number of hydrogen-bond acceptors (Lipinski definition) is 5. The zero-order valence-electron chi connectivity index (χ0n) is 24.6. The monoisotopic (exact) mass is 622 g/mol. The van der Waals surface area contributed by atoms with E-state index in [2.05, 4.69) is 59.4 Å². The normalized spacial score (nSPS) is 14.4. The Kier molecular flexibility index (Phi) is 10.4. The maximum atomic E-state index is 14.7. The van der Waals surface area contributed by atoms with E-state index in [1.165, 1.54) is 29.3 Å². The summed E-state index contributed by atoms with van der Waals surface area (Å²) < 4.78 is 89.2. The van der Waals surface area contributed by atoms with Gasteiger partial charge < -0.3 is 9.47 Å². The minimum Gasteiger partial charge on any atom is -0.493 e. The molecule has 0 radical (unpaired) electrons. The Morgan fingerprint density at radius 2 is 1.67 bits per heavy atom. The molecule has 0 aromatic heterocycles. The number of sulfonamides is 1. The average molecular weight is 623 g/mol. The molecule has 0 aliphatic carbocycles. The van der Waals surface area contributed by atoms with Crippen molar-refractivity contribution < 1.29 is 35.5 Å². The smallest absolute Gasteiger partial charge is 0.411 e. The van der Waals surface area contributed by atoms with E-state index >= 15 is 0 Å². The molecule has 6 nitrogen and oxygen atoms in total. The van der Waals surface area contributed by atoms with Crippen molar-refractivity contribution in [1.82, 2.24) is 4.90 Å². The number of anilines is 1. The fourth-order valence-corrected chi connectivity index (χ4v) is 5.93. The van der Waals surface area contributed by atoms with Gasteiger partial charge in [-0.25, -0.2) is 12.8 Å². The van der Waals surface area contributed by atoms with Crippen molar-refractivity contribution in [3.8, 4) is 5.75 Å². The first-order valence-electron chi connectivity index (χ1n) is 14.2. The van der Waals surface area contributed by atoms with Gasteiger partial charge in [0.25, 0.3) is 10.0 Å². The Hall–Kier alpha value is -3.15. The Bertz CT molecular complexity index is 1490. The van der Waals surface area contributed by atoms with Crippen molar-refractivity contribution in [1.29, 1.82) is 0 Å². The van der Waals surface area contributed by atoms with Crippen LogP contribution in [0.5, 0.6) is 5.75 Å². The number of nitrogens with one attached hydrogen (secondary N) is 1. The molecule has 1 aliphatic rings. The van der Waals surface area contributed by atoms with Crippen molar-refractivity contribution in [3.05, 3.63) is 88.7 Å². The molecule has 1 N–H and O–H groups in total. The van der Waals surface area contributed by atoms with Crippen LogP contribution in [-0.2, 0) is 39.6 Å². The van der Waals surface area contributed by atoms with E-state index in [0.717, 1.165) is 43.2 Å². The molecule has 0 amide bonds. The Balaban J connectivity index is 1.29. The summed E-state index contributed by atoms with van der Waals surface area (Å²) >= 11 is 0. The zero-order valence-corrected chi connectivity index (χ0v) is 25.5. The lowest BCUT2D eigenvalue weighted by molar-refractivity contribution is -0.174. The molecule has 0 atom stereocenters. The fourth-order valence-electron chi connectivity index (χ4n) is 4.82. The van der Waals surface area contributed by atoms with E-state index in [9.17, 15) is 26.0 Å². The lowest BCUT2D eigenvalue weighted by Gasteiger charge is -2.29.